The van der Waals surface area contributed by atoms with Crippen molar-refractivity contribution >= 4 is 28.1 Å². The summed E-state index contributed by atoms with van der Waals surface area (Å²) in [7, 11) is -4.07. The van der Waals surface area contributed by atoms with Crippen LogP contribution in [0.3, 0.4) is 0 Å². The summed E-state index contributed by atoms with van der Waals surface area (Å²) in [6.45, 7) is 4.71. The van der Waals surface area contributed by atoms with E-state index in [1.54, 1.807) is 0 Å². The van der Waals surface area contributed by atoms with Gasteiger partial charge in [0.1, 0.15) is 13.2 Å². The number of piperidine rings is 1. The van der Waals surface area contributed by atoms with E-state index in [1.807, 2.05) is 13.8 Å². The lowest BCUT2D eigenvalue weighted by Crippen LogP contribution is -2.53. The molecule has 1 fully saturated rings. The molecule has 11 heteroatoms. The normalized spacial score (nSPS) is 22.3. The summed E-state index contributed by atoms with van der Waals surface area (Å²) < 4.78 is 38.1. The highest BCUT2D eigenvalue weighted by Gasteiger charge is 2.41. The molecule has 0 aromatic heterocycles. The van der Waals surface area contributed by atoms with E-state index in [1.165, 1.54) is 10.4 Å². The van der Waals surface area contributed by atoms with Crippen molar-refractivity contribution in [2.24, 2.45) is 11.1 Å². The van der Waals surface area contributed by atoms with Crippen LogP contribution in [0.4, 0.5) is 5.69 Å². The summed E-state index contributed by atoms with van der Waals surface area (Å²) in [6.07, 6.45) is 0.491. The SMILES string of the molecule is CC1(C)CN(S(=O)(=O)c2cc3c(cc2[N+](=O)[O-])OCCO3)CCC1N.Cl. The van der Waals surface area contributed by atoms with Gasteiger partial charge in [-0.05, 0) is 11.8 Å². The summed E-state index contributed by atoms with van der Waals surface area (Å²) in [5.41, 5.74) is 5.12. The largest absolute Gasteiger partial charge is 0.486 e. The number of hydrogen-bond acceptors (Lipinski definition) is 7. The predicted molar refractivity (Wildman–Crippen MR) is 96.5 cm³/mol. The molecule has 146 valence electrons. The molecule has 2 heterocycles. The molecule has 0 spiro atoms. The van der Waals surface area contributed by atoms with Gasteiger partial charge in [0, 0.05) is 25.2 Å². The number of nitro benzene ring substituents is 1. The first-order chi connectivity index (χ1) is 11.6. The van der Waals surface area contributed by atoms with Crippen molar-refractivity contribution in [2.45, 2.75) is 31.2 Å². The Balaban J connectivity index is 0.00000243. The van der Waals surface area contributed by atoms with Crippen molar-refractivity contribution in [3.63, 3.8) is 0 Å². The smallest absolute Gasteiger partial charge is 0.293 e. The Morgan fingerprint density at radius 3 is 2.38 bits per heavy atom. The minimum absolute atomic E-state index is 0. The average molecular weight is 408 g/mol. The van der Waals surface area contributed by atoms with Gasteiger partial charge >= 0.3 is 0 Å². The number of nitrogens with zero attached hydrogens (tertiary/aromatic N) is 2. The van der Waals surface area contributed by atoms with Gasteiger partial charge in [-0.25, -0.2) is 8.42 Å². The standard InChI is InChI=1S/C15H21N3O6S.ClH/c1-15(2)9-17(4-3-14(15)16)25(21,22)13-8-12-11(23-5-6-24-12)7-10(13)18(19)20;/h7-8,14H,3-6,9,16H2,1-2H3;1H. The second-order valence-corrected chi connectivity index (χ2v) is 8.85. The van der Waals surface area contributed by atoms with Crippen LogP contribution < -0.4 is 15.2 Å². The molecule has 1 atom stereocenters. The molecule has 2 aliphatic rings. The lowest BCUT2D eigenvalue weighted by molar-refractivity contribution is -0.388. The van der Waals surface area contributed by atoms with Crippen LogP contribution >= 0.6 is 12.4 Å². The fourth-order valence-corrected chi connectivity index (χ4v) is 4.86. The Hall–Kier alpha value is -1.62. The van der Waals surface area contributed by atoms with Gasteiger partial charge in [-0.3, -0.25) is 10.1 Å². The van der Waals surface area contributed by atoms with E-state index in [2.05, 4.69) is 0 Å². The highest BCUT2D eigenvalue weighted by atomic mass is 35.5. The van der Waals surface area contributed by atoms with Crippen LogP contribution in [0.25, 0.3) is 0 Å². The molecule has 0 amide bonds. The van der Waals surface area contributed by atoms with Crippen LogP contribution in [0.2, 0.25) is 0 Å². The summed E-state index contributed by atoms with van der Waals surface area (Å²) in [5.74, 6) is 0.376. The van der Waals surface area contributed by atoms with E-state index in [-0.39, 0.29) is 61.1 Å². The maximum absolute atomic E-state index is 13.1. The zero-order valence-corrected chi connectivity index (χ0v) is 16.1. The van der Waals surface area contributed by atoms with E-state index in [0.717, 1.165) is 6.07 Å². The van der Waals surface area contributed by atoms with Crippen LogP contribution in [0.1, 0.15) is 20.3 Å². The van der Waals surface area contributed by atoms with Gasteiger partial charge in [-0.2, -0.15) is 4.31 Å². The highest BCUT2D eigenvalue weighted by Crippen LogP contribution is 2.41. The van der Waals surface area contributed by atoms with E-state index in [4.69, 9.17) is 15.2 Å². The molecule has 0 aliphatic carbocycles. The lowest BCUT2D eigenvalue weighted by atomic mass is 9.81. The number of rotatable bonds is 3. The van der Waals surface area contributed by atoms with Crippen molar-refractivity contribution < 1.29 is 22.8 Å². The molecule has 1 saturated heterocycles. The molecule has 0 saturated carbocycles. The van der Waals surface area contributed by atoms with Crippen LogP contribution in [-0.4, -0.2) is 50.0 Å². The van der Waals surface area contributed by atoms with Gasteiger partial charge in [0.25, 0.3) is 5.69 Å². The third-order valence-electron chi connectivity index (χ3n) is 4.72. The molecule has 0 radical (unpaired) electrons. The van der Waals surface area contributed by atoms with Gasteiger partial charge in [-0.1, -0.05) is 13.8 Å². The second-order valence-electron chi connectivity index (χ2n) is 6.94. The fourth-order valence-electron chi connectivity index (χ4n) is 3.08. The van der Waals surface area contributed by atoms with E-state index < -0.39 is 26.0 Å². The summed E-state index contributed by atoms with van der Waals surface area (Å²) in [6, 6.07) is 2.17. The zero-order chi connectivity index (χ0) is 18.4. The Morgan fingerprint density at radius 2 is 1.85 bits per heavy atom. The second kappa shape index (κ2) is 7.18. The Bertz CT molecular complexity index is 814. The number of nitro groups is 1. The first kappa shape index (κ1) is 20.7. The first-order valence-corrected chi connectivity index (χ1v) is 9.41. The summed E-state index contributed by atoms with van der Waals surface area (Å²) in [5, 5.41) is 11.4. The van der Waals surface area contributed by atoms with Crippen molar-refractivity contribution in [1.29, 1.82) is 0 Å². The van der Waals surface area contributed by atoms with Gasteiger partial charge < -0.3 is 15.2 Å². The van der Waals surface area contributed by atoms with Crippen molar-refractivity contribution in [3.8, 4) is 11.5 Å². The quantitative estimate of drug-likeness (QED) is 0.594. The third kappa shape index (κ3) is 3.59. The molecule has 1 aromatic carbocycles. The number of hydrogen-bond donors (Lipinski definition) is 1. The van der Waals surface area contributed by atoms with Crippen LogP contribution in [0.15, 0.2) is 17.0 Å². The number of benzene rings is 1. The molecular weight excluding hydrogens is 386 g/mol. The average Bonchev–Trinajstić information content (AvgIpc) is 2.55. The van der Waals surface area contributed by atoms with Gasteiger partial charge in [0.15, 0.2) is 16.4 Å². The Kier molecular flexibility index (Phi) is 5.71. The van der Waals surface area contributed by atoms with E-state index in [9.17, 15) is 18.5 Å². The van der Waals surface area contributed by atoms with E-state index >= 15 is 0 Å². The number of halogens is 1. The van der Waals surface area contributed by atoms with Gasteiger partial charge in [0.05, 0.1) is 11.0 Å². The maximum Gasteiger partial charge on any atom is 0.293 e. The topological polar surface area (TPSA) is 125 Å². The third-order valence-corrected chi connectivity index (χ3v) is 6.59. The molecule has 1 unspecified atom stereocenters. The maximum atomic E-state index is 13.1. The zero-order valence-electron chi connectivity index (χ0n) is 14.5. The lowest BCUT2D eigenvalue weighted by Gasteiger charge is -2.41. The molecule has 2 N–H and O–H groups in total. The predicted octanol–water partition coefficient (Wildman–Crippen LogP) is 1.54. The molecule has 9 nitrogen and oxygen atoms in total. The number of ether oxygens (including phenoxy) is 2. The molecular formula is C15H22ClN3O6S. The number of nitrogens with two attached hydrogens (primary N) is 1. The molecule has 2 aliphatic heterocycles. The summed E-state index contributed by atoms with van der Waals surface area (Å²) >= 11 is 0. The fraction of sp³-hybridized carbons (Fsp3) is 0.600. The first-order valence-electron chi connectivity index (χ1n) is 7.97. The Morgan fingerprint density at radius 1 is 1.27 bits per heavy atom. The number of fused-ring (bicyclic) bond motifs is 1. The minimum Gasteiger partial charge on any atom is -0.486 e. The van der Waals surface area contributed by atoms with Crippen molar-refractivity contribution in [2.75, 3.05) is 26.3 Å². The van der Waals surface area contributed by atoms with Crippen LogP contribution in [0, 0.1) is 15.5 Å². The molecule has 1 aromatic rings. The Labute approximate surface area is 158 Å². The minimum atomic E-state index is -4.07. The van der Waals surface area contributed by atoms with Gasteiger partial charge in [-0.15, -0.1) is 12.4 Å². The van der Waals surface area contributed by atoms with Crippen LogP contribution in [-0.2, 0) is 10.0 Å². The van der Waals surface area contributed by atoms with Crippen molar-refractivity contribution in [3.05, 3.63) is 22.2 Å². The van der Waals surface area contributed by atoms with Crippen molar-refractivity contribution in [1.82, 2.24) is 4.31 Å². The molecule has 26 heavy (non-hydrogen) atoms. The summed E-state index contributed by atoms with van der Waals surface area (Å²) in [4.78, 5) is 10.3. The number of sulfonamides is 1. The van der Waals surface area contributed by atoms with E-state index in [0.29, 0.717) is 6.42 Å². The molecule has 3 rings (SSSR count). The monoisotopic (exact) mass is 407 g/mol. The van der Waals surface area contributed by atoms with Crippen LogP contribution in [0.5, 0.6) is 11.5 Å². The molecule has 0 bridgehead atoms. The van der Waals surface area contributed by atoms with Gasteiger partial charge in [0.2, 0.25) is 10.0 Å². The highest BCUT2D eigenvalue weighted by molar-refractivity contribution is 7.89.